The van der Waals surface area contributed by atoms with E-state index < -0.39 is 0 Å². The molecule has 1 atom stereocenters. The van der Waals surface area contributed by atoms with Gasteiger partial charge in [-0.1, -0.05) is 5.92 Å². The van der Waals surface area contributed by atoms with Crippen molar-refractivity contribution in [3.8, 4) is 12.3 Å². The maximum atomic E-state index is 5.25. The number of terminal acetylenes is 1. The van der Waals surface area contributed by atoms with Gasteiger partial charge in [-0.2, -0.15) is 0 Å². The topological polar surface area (TPSA) is 39.7 Å². The van der Waals surface area contributed by atoms with E-state index in [1.54, 1.807) is 0 Å². The first-order chi connectivity index (χ1) is 8.83. The second-order valence-electron chi connectivity index (χ2n) is 5.16. The van der Waals surface area contributed by atoms with Gasteiger partial charge < -0.3 is 15.5 Å². The van der Waals surface area contributed by atoms with Gasteiger partial charge in [0.25, 0.3) is 0 Å². The zero-order valence-electron chi connectivity index (χ0n) is 11.3. The Labute approximate surface area is 110 Å². The Balaban J connectivity index is 1.74. The quantitative estimate of drug-likeness (QED) is 0.426. The lowest BCUT2D eigenvalue weighted by molar-refractivity contribution is 0.315. The summed E-state index contributed by atoms with van der Waals surface area (Å²) in [6.45, 7) is 6.86. The van der Waals surface area contributed by atoms with Gasteiger partial charge in [0.05, 0.1) is 6.54 Å². The molecular formula is C14H24N4. The summed E-state index contributed by atoms with van der Waals surface area (Å²) >= 11 is 0. The van der Waals surface area contributed by atoms with E-state index in [-0.39, 0.29) is 0 Å². The minimum Gasteiger partial charge on any atom is -0.357 e. The molecule has 2 fully saturated rings. The highest BCUT2D eigenvalue weighted by molar-refractivity contribution is 5.79. The minimum absolute atomic E-state index is 0.532. The van der Waals surface area contributed by atoms with Crippen molar-refractivity contribution in [1.29, 1.82) is 0 Å². The molecule has 1 saturated heterocycles. The molecule has 1 aliphatic heterocycles. The fraction of sp³-hybridized carbons (Fsp3) is 0.786. The predicted octanol–water partition coefficient (Wildman–Crippen LogP) is 0.659. The first-order valence-electron chi connectivity index (χ1n) is 7.03. The Morgan fingerprint density at radius 2 is 2.22 bits per heavy atom. The fourth-order valence-corrected chi connectivity index (χ4v) is 2.48. The van der Waals surface area contributed by atoms with E-state index in [4.69, 9.17) is 6.42 Å². The molecule has 1 heterocycles. The van der Waals surface area contributed by atoms with E-state index in [9.17, 15) is 0 Å². The Morgan fingerprint density at radius 3 is 2.89 bits per heavy atom. The van der Waals surface area contributed by atoms with Crippen molar-refractivity contribution >= 4 is 5.96 Å². The van der Waals surface area contributed by atoms with Gasteiger partial charge in [-0.3, -0.25) is 4.99 Å². The Kier molecular flexibility index (Phi) is 4.89. The van der Waals surface area contributed by atoms with Crippen molar-refractivity contribution in [3.05, 3.63) is 0 Å². The summed E-state index contributed by atoms with van der Waals surface area (Å²) in [7, 11) is 0. The Bertz CT molecular complexity index is 327. The molecule has 1 aliphatic carbocycles. The summed E-state index contributed by atoms with van der Waals surface area (Å²) in [5, 5.41) is 6.35. The molecule has 4 nitrogen and oxygen atoms in total. The summed E-state index contributed by atoms with van der Waals surface area (Å²) < 4.78 is 0. The van der Waals surface area contributed by atoms with E-state index in [1.165, 1.54) is 32.4 Å². The molecular weight excluding hydrogens is 224 g/mol. The number of nitrogens with zero attached hydrogens (tertiary/aromatic N) is 2. The van der Waals surface area contributed by atoms with E-state index in [0.29, 0.717) is 12.5 Å². The fourth-order valence-electron chi connectivity index (χ4n) is 2.48. The molecule has 0 amide bonds. The van der Waals surface area contributed by atoms with Crippen LogP contribution in [-0.2, 0) is 0 Å². The van der Waals surface area contributed by atoms with E-state index >= 15 is 0 Å². The highest BCUT2D eigenvalue weighted by atomic mass is 15.2. The van der Waals surface area contributed by atoms with Crippen LogP contribution < -0.4 is 10.6 Å². The lowest BCUT2D eigenvalue weighted by Gasteiger charge is -2.14. The van der Waals surface area contributed by atoms with Crippen molar-refractivity contribution in [1.82, 2.24) is 15.5 Å². The van der Waals surface area contributed by atoms with Crippen LogP contribution in [-0.4, -0.2) is 49.6 Å². The zero-order chi connectivity index (χ0) is 12.8. The molecule has 100 valence electrons. The standard InChI is InChI=1S/C14H24N4/c1-3-8-16-14(15-4-2)17-10-12-7-9-18(11-12)13-5-6-13/h1,12-13H,4-11H2,2H3,(H2,15,16,17). The smallest absolute Gasteiger partial charge is 0.192 e. The summed E-state index contributed by atoms with van der Waals surface area (Å²) in [5.74, 6) is 4.14. The van der Waals surface area contributed by atoms with Crippen molar-refractivity contribution < 1.29 is 0 Å². The van der Waals surface area contributed by atoms with Gasteiger partial charge in [-0.05, 0) is 38.6 Å². The lowest BCUT2D eigenvalue weighted by atomic mass is 10.1. The molecule has 18 heavy (non-hydrogen) atoms. The van der Waals surface area contributed by atoms with Crippen molar-refractivity contribution in [2.24, 2.45) is 10.9 Å². The van der Waals surface area contributed by atoms with Crippen LogP contribution in [0.15, 0.2) is 4.99 Å². The van der Waals surface area contributed by atoms with Gasteiger partial charge in [0.15, 0.2) is 5.96 Å². The third-order valence-electron chi connectivity index (χ3n) is 3.59. The van der Waals surface area contributed by atoms with Gasteiger partial charge in [0.2, 0.25) is 0 Å². The maximum Gasteiger partial charge on any atom is 0.192 e. The molecule has 0 aromatic rings. The lowest BCUT2D eigenvalue weighted by Crippen LogP contribution is -2.37. The van der Waals surface area contributed by atoms with Gasteiger partial charge in [0.1, 0.15) is 0 Å². The summed E-state index contributed by atoms with van der Waals surface area (Å²) in [4.78, 5) is 7.25. The molecule has 4 heteroatoms. The zero-order valence-corrected chi connectivity index (χ0v) is 11.3. The van der Waals surface area contributed by atoms with E-state index in [1.807, 2.05) is 0 Å². The number of nitrogens with one attached hydrogen (secondary N) is 2. The summed E-state index contributed by atoms with van der Waals surface area (Å²) in [5.41, 5.74) is 0. The average molecular weight is 248 g/mol. The number of rotatable bonds is 5. The van der Waals surface area contributed by atoms with Crippen LogP contribution in [0.3, 0.4) is 0 Å². The predicted molar refractivity (Wildman–Crippen MR) is 75.5 cm³/mol. The molecule has 2 N–H and O–H groups in total. The first-order valence-corrected chi connectivity index (χ1v) is 7.03. The van der Waals surface area contributed by atoms with Gasteiger partial charge >= 0.3 is 0 Å². The molecule has 0 radical (unpaired) electrons. The molecule has 1 saturated carbocycles. The third kappa shape index (κ3) is 3.92. The van der Waals surface area contributed by atoms with Crippen molar-refractivity contribution in [3.63, 3.8) is 0 Å². The first kappa shape index (κ1) is 13.2. The normalized spacial score (nSPS) is 24.9. The van der Waals surface area contributed by atoms with Gasteiger partial charge in [-0.25, -0.2) is 0 Å². The molecule has 2 rings (SSSR count). The van der Waals surface area contributed by atoms with Crippen LogP contribution in [0.1, 0.15) is 26.2 Å². The molecule has 0 aromatic carbocycles. The monoisotopic (exact) mass is 248 g/mol. The van der Waals surface area contributed by atoms with Crippen molar-refractivity contribution in [2.75, 3.05) is 32.7 Å². The number of hydrogen-bond acceptors (Lipinski definition) is 2. The highest BCUT2D eigenvalue weighted by Crippen LogP contribution is 2.31. The number of guanidine groups is 1. The second-order valence-corrected chi connectivity index (χ2v) is 5.16. The van der Waals surface area contributed by atoms with Gasteiger partial charge in [-0.15, -0.1) is 6.42 Å². The summed E-state index contributed by atoms with van der Waals surface area (Å²) in [6, 6.07) is 0.895. The summed E-state index contributed by atoms with van der Waals surface area (Å²) in [6.07, 6.45) is 9.34. The van der Waals surface area contributed by atoms with Gasteiger partial charge in [0, 0.05) is 25.7 Å². The molecule has 0 spiro atoms. The molecule has 1 unspecified atom stereocenters. The van der Waals surface area contributed by atoms with E-state index in [2.05, 4.69) is 33.4 Å². The van der Waals surface area contributed by atoms with Crippen molar-refractivity contribution in [2.45, 2.75) is 32.2 Å². The van der Waals surface area contributed by atoms with Crippen LogP contribution in [0, 0.1) is 18.3 Å². The third-order valence-corrected chi connectivity index (χ3v) is 3.59. The Hall–Kier alpha value is -1.21. The maximum absolute atomic E-state index is 5.25. The SMILES string of the molecule is C#CCNC(=NCC1CCN(C2CC2)C1)NCC. The Morgan fingerprint density at radius 1 is 1.39 bits per heavy atom. The molecule has 2 aliphatic rings. The minimum atomic E-state index is 0.532. The van der Waals surface area contributed by atoms with Crippen LogP contribution in [0.2, 0.25) is 0 Å². The number of hydrogen-bond donors (Lipinski definition) is 2. The largest absolute Gasteiger partial charge is 0.357 e. The average Bonchev–Trinajstić information content (AvgIpc) is 3.12. The molecule has 0 aromatic heterocycles. The number of aliphatic imine (C=N–C) groups is 1. The number of likely N-dealkylation sites (tertiary alicyclic amines) is 1. The van der Waals surface area contributed by atoms with Crippen LogP contribution in [0.4, 0.5) is 0 Å². The highest BCUT2D eigenvalue weighted by Gasteiger charge is 2.34. The van der Waals surface area contributed by atoms with Crippen LogP contribution in [0.25, 0.3) is 0 Å². The second kappa shape index (κ2) is 6.65. The van der Waals surface area contributed by atoms with E-state index in [0.717, 1.165) is 25.1 Å². The van der Waals surface area contributed by atoms with Crippen LogP contribution >= 0.6 is 0 Å². The molecule has 0 bridgehead atoms. The van der Waals surface area contributed by atoms with Crippen LogP contribution in [0.5, 0.6) is 0 Å².